The van der Waals surface area contributed by atoms with Gasteiger partial charge in [0, 0.05) is 5.92 Å². The number of nitrogens with two attached hydrogens (primary N) is 1. The van der Waals surface area contributed by atoms with E-state index in [9.17, 15) is 8.78 Å². The Morgan fingerprint density at radius 2 is 2.10 bits per heavy atom. The van der Waals surface area contributed by atoms with Crippen molar-refractivity contribution >= 4 is 22.6 Å². The van der Waals surface area contributed by atoms with Crippen molar-refractivity contribution in [2.24, 2.45) is 11.7 Å². The smallest absolute Gasteiger partial charge is 0.262 e. The summed E-state index contributed by atoms with van der Waals surface area (Å²) < 4.78 is 26.0. The van der Waals surface area contributed by atoms with Crippen molar-refractivity contribution in [2.75, 3.05) is 11.0 Å². The molecule has 0 spiro atoms. The molecule has 0 aliphatic heterocycles. The van der Waals surface area contributed by atoms with Crippen LogP contribution in [0.25, 0.3) is 0 Å². The highest BCUT2D eigenvalue weighted by Gasteiger charge is 2.33. The standard InChI is InChI=1S/C6H12F2IN/c1-5(2-3-9)6(7,8)4-10/h5H,2-4,10H2,1H3. The van der Waals surface area contributed by atoms with Crippen molar-refractivity contribution in [3.05, 3.63) is 0 Å². The van der Waals surface area contributed by atoms with Crippen molar-refractivity contribution in [3.8, 4) is 0 Å². The molecule has 0 aromatic heterocycles. The second-order valence-corrected chi connectivity index (χ2v) is 3.42. The van der Waals surface area contributed by atoms with Crippen LogP contribution >= 0.6 is 22.6 Å². The largest absolute Gasteiger partial charge is 0.325 e. The van der Waals surface area contributed by atoms with Gasteiger partial charge in [-0.1, -0.05) is 29.5 Å². The van der Waals surface area contributed by atoms with E-state index in [-0.39, 0.29) is 0 Å². The van der Waals surface area contributed by atoms with Crippen LogP contribution in [-0.2, 0) is 0 Å². The lowest BCUT2D eigenvalue weighted by Gasteiger charge is -2.20. The number of hydrogen-bond donors (Lipinski definition) is 1. The van der Waals surface area contributed by atoms with Crippen molar-refractivity contribution in [1.82, 2.24) is 0 Å². The number of alkyl halides is 3. The molecular weight excluding hydrogens is 251 g/mol. The van der Waals surface area contributed by atoms with Gasteiger partial charge in [0.05, 0.1) is 6.54 Å². The Balaban J connectivity index is 3.78. The summed E-state index contributed by atoms with van der Waals surface area (Å²) in [6, 6.07) is 0. The topological polar surface area (TPSA) is 26.0 Å². The van der Waals surface area contributed by atoms with Crippen LogP contribution in [0.15, 0.2) is 0 Å². The molecule has 62 valence electrons. The lowest BCUT2D eigenvalue weighted by atomic mass is 10.0. The van der Waals surface area contributed by atoms with Crippen molar-refractivity contribution < 1.29 is 8.78 Å². The van der Waals surface area contributed by atoms with Crippen LogP contribution in [0.1, 0.15) is 13.3 Å². The van der Waals surface area contributed by atoms with Crippen LogP contribution in [0.2, 0.25) is 0 Å². The van der Waals surface area contributed by atoms with Gasteiger partial charge < -0.3 is 5.73 Å². The lowest BCUT2D eigenvalue weighted by Crippen LogP contribution is -2.35. The summed E-state index contributed by atoms with van der Waals surface area (Å²) in [4.78, 5) is 0. The molecule has 2 N–H and O–H groups in total. The molecule has 0 aliphatic rings. The van der Waals surface area contributed by atoms with Crippen LogP contribution in [0.4, 0.5) is 8.78 Å². The third kappa shape index (κ3) is 3.09. The van der Waals surface area contributed by atoms with Crippen molar-refractivity contribution in [2.45, 2.75) is 19.3 Å². The Morgan fingerprint density at radius 1 is 1.60 bits per heavy atom. The quantitative estimate of drug-likeness (QED) is 0.609. The number of hydrogen-bond acceptors (Lipinski definition) is 1. The first-order valence-electron chi connectivity index (χ1n) is 3.18. The first-order chi connectivity index (χ1) is 4.54. The van der Waals surface area contributed by atoms with E-state index in [0.29, 0.717) is 6.42 Å². The molecule has 10 heavy (non-hydrogen) atoms. The fourth-order valence-corrected chi connectivity index (χ4v) is 1.51. The molecule has 1 nitrogen and oxygen atoms in total. The molecule has 0 fully saturated rings. The monoisotopic (exact) mass is 263 g/mol. The molecule has 0 aromatic carbocycles. The fraction of sp³-hybridized carbons (Fsp3) is 1.00. The molecule has 0 heterocycles. The van der Waals surface area contributed by atoms with Gasteiger partial charge in [0.15, 0.2) is 0 Å². The zero-order chi connectivity index (χ0) is 8.20. The van der Waals surface area contributed by atoms with E-state index in [2.05, 4.69) is 22.6 Å². The normalized spacial score (nSPS) is 15.3. The Hall–Kier alpha value is 0.550. The molecule has 1 unspecified atom stereocenters. The molecule has 0 amide bonds. The molecule has 0 rings (SSSR count). The maximum Gasteiger partial charge on any atom is 0.262 e. The molecule has 0 aliphatic carbocycles. The van der Waals surface area contributed by atoms with E-state index >= 15 is 0 Å². The average Bonchev–Trinajstić information content (AvgIpc) is 1.89. The summed E-state index contributed by atoms with van der Waals surface area (Å²) in [6.07, 6.45) is 0.533. The summed E-state index contributed by atoms with van der Waals surface area (Å²) >= 11 is 2.08. The second-order valence-electron chi connectivity index (χ2n) is 2.34. The zero-order valence-electron chi connectivity index (χ0n) is 5.91. The Labute approximate surface area is 73.5 Å². The summed E-state index contributed by atoms with van der Waals surface area (Å²) in [6.45, 7) is 0.996. The second kappa shape index (κ2) is 4.43. The molecule has 0 aromatic rings. The number of halogens is 3. The van der Waals surface area contributed by atoms with Gasteiger partial charge >= 0.3 is 0 Å². The molecule has 4 heteroatoms. The first-order valence-corrected chi connectivity index (χ1v) is 4.71. The minimum absolute atomic E-state index is 0.533. The average molecular weight is 263 g/mol. The van der Waals surface area contributed by atoms with Crippen LogP contribution in [-0.4, -0.2) is 16.9 Å². The predicted molar refractivity (Wildman–Crippen MR) is 46.7 cm³/mol. The van der Waals surface area contributed by atoms with Gasteiger partial charge in [0.25, 0.3) is 5.92 Å². The maximum absolute atomic E-state index is 12.6. The highest BCUT2D eigenvalue weighted by Crippen LogP contribution is 2.25. The van der Waals surface area contributed by atoms with Gasteiger partial charge in [-0.2, -0.15) is 0 Å². The fourth-order valence-electron chi connectivity index (χ4n) is 0.576. The van der Waals surface area contributed by atoms with Gasteiger partial charge in [0.1, 0.15) is 0 Å². The van der Waals surface area contributed by atoms with Crippen LogP contribution in [0, 0.1) is 5.92 Å². The van der Waals surface area contributed by atoms with E-state index in [1.165, 1.54) is 6.92 Å². The Bertz CT molecular complexity index is 97.7. The van der Waals surface area contributed by atoms with E-state index in [1.54, 1.807) is 0 Å². The van der Waals surface area contributed by atoms with Gasteiger partial charge in [-0.25, -0.2) is 8.78 Å². The summed E-state index contributed by atoms with van der Waals surface area (Å²) in [5.41, 5.74) is 4.89. The molecule has 0 bridgehead atoms. The third-order valence-electron chi connectivity index (χ3n) is 1.54. The van der Waals surface area contributed by atoms with Crippen molar-refractivity contribution in [1.29, 1.82) is 0 Å². The third-order valence-corrected chi connectivity index (χ3v) is 2.16. The minimum Gasteiger partial charge on any atom is -0.325 e. The molecular formula is C6H12F2IN. The van der Waals surface area contributed by atoms with E-state index in [4.69, 9.17) is 5.73 Å². The van der Waals surface area contributed by atoms with Crippen LogP contribution < -0.4 is 5.73 Å². The number of rotatable bonds is 4. The van der Waals surface area contributed by atoms with Gasteiger partial charge in [-0.3, -0.25) is 0 Å². The molecule has 1 atom stereocenters. The summed E-state index contributed by atoms with van der Waals surface area (Å²) in [7, 11) is 0. The molecule has 0 radical (unpaired) electrons. The lowest BCUT2D eigenvalue weighted by molar-refractivity contribution is -0.0424. The van der Waals surface area contributed by atoms with Gasteiger partial charge in [0.2, 0.25) is 0 Å². The van der Waals surface area contributed by atoms with E-state index in [1.807, 2.05) is 0 Å². The maximum atomic E-state index is 12.6. The molecule has 0 saturated heterocycles. The van der Waals surface area contributed by atoms with Gasteiger partial charge in [-0.15, -0.1) is 0 Å². The minimum atomic E-state index is -2.68. The highest BCUT2D eigenvalue weighted by atomic mass is 127. The zero-order valence-corrected chi connectivity index (χ0v) is 8.07. The van der Waals surface area contributed by atoms with E-state index in [0.717, 1.165) is 4.43 Å². The van der Waals surface area contributed by atoms with Crippen LogP contribution in [0.3, 0.4) is 0 Å². The molecule has 0 saturated carbocycles. The SMILES string of the molecule is CC(CCI)C(F)(F)CN. The summed E-state index contributed by atoms with van der Waals surface area (Å²) in [5, 5.41) is 0. The highest BCUT2D eigenvalue weighted by molar-refractivity contribution is 14.1. The Morgan fingerprint density at radius 3 is 2.40 bits per heavy atom. The first kappa shape index (κ1) is 10.6. The van der Waals surface area contributed by atoms with Crippen molar-refractivity contribution in [3.63, 3.8) is 0 Å². The van der Waals surface area contributed by atoms with Gasteiger partial charge in [-0.05, 0) is 10.8 Å². The van der Waals surface area contributed by atoms with E-state index < -0.39 is 18.4 Å². The predicted octanol–water partition coefficient (Wildman–Crippen LogP) is 2.04. The Kier molecular flexibility index (Phi) is 4.68. The van der Waals surface area contributed by atoms with Crippen LogP contribution in [0.5, 0.6) is 0 Å². The summed E-state index contributed by atoms with van der Waals surface area (Å²) in [5.74, 6) is -3.26.